The third-order valence-corrected chi connectivity index (χ3v) is 4.98. The smallest absolute Gasteiger partial charge is 0.239 e. The van der Waals surface area contributed by atoms with Crippen molar-refractivity contribution in [2.24, 2.45) is 5.73 Å². The van der Waals surface area contributed by atoms with Crippen molar-refractivity contribution in [1.29, 1.82) is 0 Å². The standard InChI is InChI=1S/C12H21N3O2S/c1-12(2,13)11-14-10(17-15-11)8-18(16)9-6-4-3-5-7-9/h9H,3-8,13H2,1-2H3. The Kier molecular flexibility index (Phi) is 4.17. The summed E-state index contributed by atoms with van der Waals surface area (Å²) in [5.74, 6) is 1.26. The molecule has 18 heavy (non-hydrogen) atoms. The van der Waals surface area contributed by atoms with Crippen LogP contribution in [0.2, 0.25) is 0 Å². The van der Waals surface area contributed by atoms with Crippen molar-refractivity contribution in [3.8, 4) is 0 Å². The molecule has 1 saturated carbocycles. The largest absolute Gasteiger partial charge is 0.338 e. The second kappa shape index (κ2) is 5.48. The van der Waals surface area contributed by atoms with Gasteiger partial charge in [0.15, 0.2) is 5.82 Å². The molecule has 102 valence electrons. The number of nitrogens with two attached hydrogens (primary N) is 1. The molecule has 0 aromatic carbocycles. The molecule has 1 aliphatic rings. The van der Waals surface area contributed by atoms with Gasteiger partial charge < -0.3 is 10.3 Å². The van der Waals surface area contributed by atoms with Crippen LogP contribution in [-0.2, 0) is 22.1 Å². The second-order valence-corrected chi connectivity index (χ2v) is 7.24. The summed E-state index contributed by atoms with van der Waals surface area (Å²) in [6.45, 7) is 3.64. The molecule has 1 aliphatic carbocycles. The third-order valence-electron chi connectivity index (χ3n) is 3.23. The fourth-order valence-corrected chi connectivity index (χ4v) is 3.60. The van der Waals surface area contributed by atoms with Crippen molar-refractivity contribution in [2.45, 2.75) is 62.5 Å². The van der Waals surface area contributed by atoms with Gasteiger partial charge in [0.2, 0.25) is 5.89 Å². The average molecular weight is 271 g/mol. The Hall–Kier alpha value is -0.750. The molecule has 1 aromatic heterocycles. The maximum Gasteiger partial charge on any atom is 0.239 e. The molecule has 0 bridgehead atoms. The van der Waals surface area contributed by atoms with Gasteiger partial charge in [-0.3, -0.25) is 4.21 Å². The lowest BCUT2D eigenvalue weighted by Gasteiger charge is -2.19. The molecule has 2 rings (SSSR count). The fourth-order valence-electron chi connectivity index (χ4n) is 2.14. The lowest BCUT2D eigenvalue weighted by Crippen LogP contribution is -2.30. The number of aromatic nitrogens is 2. The average Bonchev–Trinajstić information content (AvgIpc) is 2.78. The van der Waals surface area contributed by atoms with Gasteiger partial charge in [0, 0.05) is 16.0 Å². The second-order valence-electron chi connectivity index (χ2n) is 5.52. The predicted molar refractivity (Wildman–Crippen MR) is 70.2 cm³/mol. The number of hydrogen-bond donors (Lipinski definition) is 1. The van der Waals surface area contributed by atoms with E-state index in [-0.39, 0.29) is 0 Å². The first-order chi connectivity index (χ1) is 8.47. The molecule has 1 fully saturated rings. The van der Waals surface area contributed by atoms with Crippen LogP contribution in [0.3, 0.4) is 0 Å². The van der Waals surface area contributed by atoms with Crippen molar-refractivity contribution in [2.75, 3.05) is 0 Å². The van der Waals surface area contributed by atoms with Crippen LogP contribution in [0.15, 0.2) is 4.52 Å². The van der Waals surface area contributed by atoms with Gasteiger partial charge in [0.25, 0.3) is 0 Å². The van der Waals surface area contributed by atoms with Crippen molar-refractivity contribution in [3.05, 3.63) is 11.7 Å². The molecular weight excluding hydrogens is 250 g/mol. The Morgan fingerprint density at radius 2 is 2.06 bits per heavy atom. The predicted octanol–water partition coefficient (Wildman–Crippen LogP) is 1.84. The van der Waals surface area contributed by atoms with Crippen LogP contribution in [0.5, 0.6) is 0 Å². The summed E-state index contributed by atoms with van der Waals surface area (Å²) in [5, 5.41) is 4.13. The van der Waals surface area contributed by atoms with Gasteiger partial charge in [-0.2, -0.15) is 4.98 Å². The Labute approximate surface area is 110 Å². The summed E-state index contributed by atoms with van der Waals surface area (Å²) >= 11 is 0. The minimum absolute atomic E-state index is 0.292. The van der Waals surface area contributed by atoms with E-state index in [0.717, 1.165) is 12.8 Å². The molecule has 0 amide bonds. The van der Waals surface area contributed by atoms with Gasteiger partial charge in [-0.1, -0.05) is 24.4 Å². The highest BCUT2D eigenvalue weighted by Crippen LogP contribution is 2.23. The number of rotatable bonds is 4. The molecule has 0 saturated heterocycles. The van der Waals surface area contributed by atoms with Gasteiger partial charge in [-0.15, -0.1) is 0 Å². The van der Waals surface area contributed by atoms with Crippen LogP contribution in [0.4, 0.5) is 0 Å². The molecule has 1 atom stereocenters. The highest BCUT2D eigenvalue weighted by Gasteiger charge is 2.25. The van der Waals surface area contributed by atoms with Crippen molar-refractivity contribution in [1.82, 2.24) is 10.1 Å². The molecular formula is C12H21N3O2S. The summed E-state index contributed by atoms with van der Waals surface area (Å²) in [6, 6.07) is 0. The fraction of sp³-hybridized carbons (Fsp3) is 0.833. The van der Waals surface area contributed by atoms with Crippen LogP contribution in [0.25, 0.3) is 0 Å². The summed E-state index contributed by atoms with van der Waals surface area (Å²) < 4.78 is 17.3. The zero-order valence-electron chi connectivity index (χ0n) is 11.0. The lowest BCUT2D eigenvalue weighted by atomic mass is 10.0. The zero-order chi connectivity index (χ0) is 13.2. The Morgan fingerprint density at radius 1 is 1.39 bits per heavy atom. The van der Waals surface area contributed by atoms with Crippen molar-refractivity contribution < 1.29 is 8.73 Å². The zero-order valence-corrected chi connectivity index (χ0v) is 11.8. The Bertz CT molecular complexity index is 419. The lowest BCUT2D eigenvalue weighted by molar-refractivity contribution is 0.368. The van der Waals surface area contributed by atoms with Crippen LogP contribution in [0, 0.1) is 0 Å². The topological polar surface area (TPSA) is 82.0 Å². The first-order valence-corrected chi connectivity index (χ1v) is 7.84. The highest BCUT2D eigenvalue weighted by molar-refractivity contribution is 7.84. The van der Waals surface area contributed by atoms with E-state index >= 15 is 0 Å². The van der Waals surface area contributed by atoms with E-state index in [4.69, 9.17) is 10.3 Å². The van der Waals surface area contributed by atoms with E-state index < -0.39 is 16.3 Å². The Morgan fingerprint density at radius 3 is 2.61 bits per heavy atom. The van der Waals surface area contributed by atoms with Gasteiger partial charge in [0.1, 0.15) is 5.75 Å². The molecule has 1 heterocycles. The summed E-state index contributed by atoms with van der Waals surface area (Å²) in [6.07, 6.45) is 5.73. The Balaban J connectivity index is 1.96. The molecule has 0 spiro atoms. The molecule has 0 aliphatic heterocycles. The normalized spacial score (nSPS) is 19.9. The van der Waals surface area contributed by atoms with E-state index in [0.29, 0.717) is 22.7 Å². The number of nitrogens with zero attached hydrogens (tertiary/aromatic N) is 2. The van der Waals surface area contributed by atoms with Crippen molar-refractivity contribution in [3.63, 3.8) is 0 Å². The summed E-state index contributed by atoms with van der Waals surface area (Å²) in [4.78, 5) is 4.22. The van der Waals surface area contributed by atoms with Crippen LogP contribution >= 0.6 is 0 Å². The van der Waals surface area contributed by atoms with Gasteiger partial charge in [-0.25, -0.2) is 0 Å². The van der Waals surface area contributed by atoms with E-state index in [1.807, 2.05) is 13.8 Å². The van der Waals surface area contributed by atoms with E-state index in [2.05, 4.69) is 10.1 Å². The van der Waals surface area contributed by atoms with Crippen LogP contribution in [-0.4, -0.2) is 19.6 Å². The highest BCUT2D eigenvalue weighted by atomic mass is 32.2. The minimum atomic E-state index is -0.908. The van der Waals surface area contributed by atoms with E-state index in [9.17, 15) is 4.21 Å². The van der Waals surface area contributed by atoms with Crippen LogP contribution < -0.4 is 5.73 Å². The first kappa shape index (κ1) is 13.7. The molecule has 1 unspecified atom stereocenters. The molecule has 2 N–H and O–H groups in total. The number of hydrogen-bond acceptors (Lipinski definition) is 5. The summed E-state index contributed by atoms with van der Waals surface area (Å²) in [7, 11) is -0.908. The van der Waals surface area contributed by atoms with Gasteiger partial charge in [0.05, 0.1) is 5.54 Å². The van der Waals surface area contributed by atoms with Crippen molar-refractivity contribution >= 4 is 10.8 Å². The summed E-state index contributed by atoms with van der Waals surface area (Å²) in [5.41, 5.74) is 5.27. The van der Waals surface area contributed by atoms with Crippen LogP contribution in [0.1, 0.15) is 57.7 Å². The molecule has 5 nitrogen and oxygen atoms in total. The van der Waals surface area contributed by atoms with Gasteiger partial charge >= 0.3 is 0 Å². The molecule has 1 aromatic rings. The van der Waals surface area contributed by atoms with E-state index in [1.165, 1.54) is 19.3 Å². The molecule has 0 radical (unpaired) electrons. The van der Waals surface area contributed by atoms with E-state index in [1.54, 1.807) is 0 Å². The van der Waals surface area contributed by atoms with Gasteiger partial charge in [-0.05, 0) is 26.7 Å². The minimum Gasteiger partial charge on any atom is -0.338 e. The SMILES string of the molecule is CC(C)(N)c1noc(CS(=O)C2CCCCC2)n1. The molecule has 6 heteroatoms. The monoisotopic (exact) mass is 271 g/mol. The first-order valence-electron chi connectivity index (χ1n) is 6.46. The maximum atomic E-state index is 12.2. The third kappa shape index (κ3) is 3.38. The quantitative estimate of drug-likeness (QED) is 0.903. The maximum absolute atomic E-state index is 12.2.